The van der Waals surface area contributed by atoms with Crippen molar-refractivity contribution >= 4 is 0 Å². The fourth-order valence-electron chi connectivity index (χ4n) is 3.21. The minimum Gasteiger partial charge on any atom is -0.381 e. The molecule has 3 nitrogen and oxygen atoms in total. The summed E-state index contributed by atoms with van der Waals surface area (Å²) in [5, 5.41) is 3.66. The van der Waals surface area contributed by atoms with E-state index in [4.69, 9.17) is 9.47 Å². The molecule has 2 aliphatic heterocycles. The van der Waals surface area contributed by atoms with Crippen LogP contribution in [0.2, 0.25) is 0 Å². The van der Waals surface area contributed by atoms with Gasteiger partial charge in [-0.1, -0.05) is 25.1 Å². The minimum atomic E-state index is 0.458. The van der Waals surface area contributed by atoms with E-state index < -0.39 is 0 Å². The molecule has 1 atom stereocenters. The second-order valence-corrected chi connectivity index (χ2v) is 5.51. The highest BCUT2D eigenvalue weighted by molar-refractivity contribution is 5.35. The molecule has 0 bridgehead atoms. The molecule has 19 heavy (non-hydrogen) atoms. The molecule has 1 N–H and O–H groups in total. The predicted octanol–water partition coefficient (Wildman–Crippen LogP) is 2.79. The van der Waals surface area contributed by atoms with Crippen LogP contribution in [-0.2, 0) is 22.7 Å². The first-order chi connectivity index (χ1) is 9.38. The van der Waals surface area contributed by atoms with Gasteiger partial charge in [-0.05, 0) is 42.0 Å². The Balaban J connectivity index is 1.82. The van der Waals surface area contributed by atoms with Crippen molar-refractivity contribution in [1.29, 1.82) is 0 Å². The van der Waals surface area contributed by atoms with Gasteiger partial charge >= 0.3 is 0 Å². The summed E-state index contributed by atoms with van der Waals surface area (Å²) < 4.78 is 11.0. The molecular formula is C16H23NO2. The van der Waals surface area contributed by atoms with E-state index in [0.717, 1.165) is 45.8 Å². The van der Waals surface area contributed by atoms with E-state index in [-0.39, 0.29) is 0 Å². The van der Waals surface area contributed by atoms with Crippen LogP contribution >= 0.6 is 0 Å². The molecule has 1 aromatic carbocycles. The molecule has 104 valence electrons. The molecule has 0 saturated carbocycles. The molecule has 3 rings (SSSR count). The topological polar surface area (TPSA) is 30.5 Å². The van der Waals surface area contributed by atoms with Crippen molar-refractivity contribution in [2.45, 2.75) is 39.0 Å². The van der Waals surface area contributed by atoms with E-state index in [1.54, 1.807) is 0 Å². The predicted molar refractivity (Wildman–Crippen MR) is 74.9 cm³/mol. The highest BCUT2D eigenvalue weighted by Gasteiger charge is 2.25. The Morgan fingerprint density at radius 2 is 1.95 bits per heavy atom. The molecule has 0 aromatic heterocycles. The summed E-state index contributed by atoms with van der Waals surface area (Å²) in [6, 6.07) is 7.31. The van der Waals surface area contributed by atoms with Gasteiger partial charge in [0.05, 0.1) is 13.2 Å². The first-order valence-electron chi connectivity index (χ1n) is 7.39. The Labute approximate surface area is 115 Å². The maximum Gasteiger partial charge on any atom is 0.0725 e. The summed E-state index contributed by atoms with van der Waals surface area (Å²) in [5.74, 6) is 0.689. The van der Waals surface area contributed by atoms with Crippen molar-refractivity contribution in [3.63, 3.8) is 0 Å². The number of ether oxygens (including phenoxy) is 2. The average Bonchev–Trinajstić information content (AvgIpc) is 2.93. The quantitative estimate of drug-likeness (QED) is 0.904. The summed E-state index contributed by atoms with van der Waals surface area (Å²) in [4.78, 5) is 0. The summed E-state index contributed by atoms with van der Waals surface area (Å²) >= 11 is 0. The van der Waals surface area contributed by atoms with Gasteiger partial charge in [0.1, 0.15) is 0 Å². The van der Waals surface area contributed by atoms with Crippen molar-refractivity contribution < 1.29 is 9.47 Å². The van der Waals surface area contributed by atoms with Gasteiger partial charge in [-0.2, -0.15) is 0 Å². The SMILES string of the molecule is CCNC(c1ccc2c(c1)COC2)C1CCOCC1. The third kappa shape index (κ3) is 2.83. The van der Waals surface area contributed by atoms with Gasteiger partial charge in [-0.3, -0.25) is 0 Å². The summed E-state index contributed by atoms with van der Waals surface area (Å²) in [6.07, 6.45) is 2.32. The molecule has 1 fully saturated rings. The standard InChI is InChI=1S/C16H23NO2/c1-2-17-16(12-5-7-18-8-6-12)13-3-4-14-10-19-11-15(14)9-13/h3-4,9,12,16-17H,2,5-8,10-11H2,1H3. The van der Waals surface area contributed by atoms with Gasteiger partial charge in [0, 0.05) is 19.3 Å². The number of nitrogens with one attached hydrogen (secondary N) is 1. The highest BCUT2D eigenvalue weighted by atomic mass is 16.5. The van der Waals surface area contributed by atoms with Crippen LogP contribution in [-0.4, -0.2) is 19.8 Å². The molecule has 2 heterocycles. The van der Waals surface area contributed by atoms with Crippen molar-refractivity contribution in [3.05, 3.63) is 34.9 Å². The molecule has 3 heteroatoms. The second-order valence-electron chi connectivity index (χ2n) is 5.51. The van der Waals surface area contributed by atoms with Crippen LogP contribution in [0.5, 0.6) is 0 Å². The fraction of sp³-hybridized carbons (Fsp3) is 0.625. The smallest absolute Gasteiger partial charge is 0.0725 e. The number of hydrogen-bond donors (Lipinski definition) is 1. The third-order valence-electron chi connectivity index (χ3n) is 4.27. The maximum atomic E-state index is 5.51. The van der Waals surface area contributed by atoms with Gasteiger partial charge < -0.3 is 14.8 Å². The minimum absolute atomic E-state index is 0.458. The van der Waals surface area contributed by atoms with E-state index in [1.807, 2.05) is 0 Å². The molecule has 1 saturated heterocycles. The van der Waals surface area contributed by atoms with Crippen molar-refractivity contribution in [3.8, 4) is 0 Å². The lowest BCUT2D eigenvalue weighted by molar-refractivity contribution is 0.0538. The van der Waals surface area contributed by atoms with E-state index >= 15 is 0 Å². The van der Waals surface area contributed by atoms with E-state index in [9.17, 15) is 0 Å². The van der Waals surface area contributed by atoms with Gasteiger partial charge in [-0.25, -0.2) is 0 Å². The van der Waals surface area contributed by atoms with Crippen LogP contribution in [0.4, 0.5) is 0 Å². The lowest BCUT2D eigenvalue weighted by Crippen LogP contribution is -2.32. The normalized spacial score (nSPS) is 21.3. The molecule has 0 radical (unpaired) electrons. The number of benzene rings is 1. The van der Waals surface area contributed by atoms with E-state index in [0.29, 0.717) is 12.0 Å². The Bertz CT molecular complexity index is 427. The Morgan fingerprint density at radius 3 is 2.74 bits per heavy atom. The van der Waals surface area contributed by atoms with E-state index in [2.05, 4.69) is 30.4 Å². The molecule has 0 spiro atoms. The summed E-state index contributed by atoms with van der Waals surface area (Å²) in [6.45, 7) is 6.55. The van der Waals surface area contributed by atoms with Crippen LogP contribution in [0.25, 0.3) is 0 Å². The molecule has 2 aliphatic rings. The molecule has 0 aliphatic carbocycles. The number of hydrogen-bond acceptors (Lipinski definition) is 3. The fourth-order valence-corrected chi connectivity index (χ4v) is 3.21. The zero-order chi connectivity index (χ0) is 13.1. The number of rotatable bonds is 4. The zero-order valence-electron chi connectivity index (χ0n) is 11.7. The Hall–Kier alpha value is -0.900. The largest absolute Gasteiger partial charge is 0.381 e. The van der Waals surface area contributed by atoms with Crippen LogP contribution < -0.4 is 5.32 Å². The van der Waals surface area contributed by atoms with Gasteiger partial charge in [0.25, 0.3) is 0 Å². The van der Waals surface area contributed by atoms with Crippen LogP contribution in [0.3, 0.4) is 0 Å². The zero-order valence-corrected chi connectivity index (χ0v) is 11.7. The lowest BCUT2D eigenvalue weighted by Gasteiger charge is -2.31. The molecule has 1 aromatic rings. The Kier molecular flexibility index (Phi) is 4.16. The maximum absolute atomic E-state index is 5.51. The van der Waals surface area contributed by atoms with Gasteiger partial charge in [0.2, 0.25) is 0 Å². The van der Waals surface area contributed by atoms with Crippen LogP contribution in [0, 0.1) is 5.92 Å². The summed E-state index contributed by atoms with van der Waals surface area (Å²) in [7, 11) is 0. The second kappa shape index (κ2) is 6.04. The monoisotopic (exact) mass is 261 g/mol. The summed E-state index contributed by atoms with van der Waals surface area (Å²) in [5.41, 5.74) is 4.14. The molecule has 0 amide bonds. The molecular weight excluding hydrogens is 238 g/mol. The van der Waals surface area contributed by atoms with Crippen molar-refractivity contribution in [1.82, 2.24) is 5.32 Å². The number of fused-ring (bicyclic) bond motifs is 1. The van der Waals surface area contributed by atoms with E-state index in [1.165, 1.54) is 16.7 Å². The lowest BCUT2D eigenvalue weighted by atomic mass is 9.86. The Morgan fingerprint density at radius 1 is 1.16 bits per heavy atom. The van der Waals surface area contributed by atoms with Crippen molar-refractivity contribution in [2.24, 2.45) is 5.92 Å². The van der Waals surface area contributed by atoms with Gasteiger partial charge in [-0.15, -0.1) is 0 Å². The van der Waals surface area contributed by atoms with Crippen LogP contribution in [0.1, 0.15) is 42.5 Å². The highest BCUT2D eigenvalue weighted by Crippen LogP contribution is 2.32. The molecule has 1 unspecified atom stereocenters. The third-order valence-corrected chi connectivity index (χ3v) is 4.27. The van der Waals surface area contributed by atoms with Gasteiger partial charge in [0.15, 0.2) is 0 Å². The first-order valence-corrected chi connectivity index (χ1v) is 7.39. The first kappa shape index (κ1) is 13.1. The van der Waals surface area contributed by atoms with Crippen LogP contribution in [0.15, 0.2) is 18.2 Å². The average molecular weight is 261 g/mol. The van der Waals surface area contributed by atoms with Crippen molar-refractivity contribution in [2.75, 3.05) is 19.8 Å².